The molecule has 3 nitrogen and oxygen atoms in total. The van der Waals surface area contributed by atoms with Crippen LogP contribution in [0.3, 0.4) is 0 Å². The summed E-state index contributed by atoms with van der Waals surface area (Å²) in [5.74, 6) is 0.0885. The summed E-state index contributed by atoms with van der Waals surface area (Å²) in [5.41, 5.74) is 4.09. The molecule has 1 fully saturated rings. The molecule has 0 spiro atoms. The minimum atomic E-state index is 0.0885. The lowest BCUT2D eigenvalue weighted by atomic mass is 10.0. The molecule has 0 N–H and O–H groups in total. The van der Waals surface area contributed by atoms with Crippen molar-refractivity contribution in [1.82, 2.24) is 9.88 Å². The van der Waals surface area contributed by atoms with Crippen LogP contribution in [0.15, 0.2) is 42.6 Å². The number of pyridine rings is 1. The van der Waals surface area contributed by atoms with Crippen LogP contribution in [-0.2, 0) is 0 Å². The molecular formula is C18H20N2O. The smallest absolute Gasteiger partial charge is 0.255 e. The maximum absolute atomic E-state index is 12.7. The Hall–Kier alpha value is -2.16. The van der Waals surface area contributed by atoms with Crippen molar-refractivity contribution in [2.75, 3.05) is 6.54 Å². The van der Waals surface area contributed by atoms with Gasteiger partial charge in [-0.1, -0.05) is 29.8 Å². The second kappa shape index (κ2) is 5.68. The molecule has 0 unspecified atom stereocenters. The highest BCUT2D eigenvalue weighted by atomic mass is 16.2. The van der Waals surface area contributed by atoms with Gasteiger partial charge in [-0.15, -0.1) is 0 Å². The summed E-state index contributed by atoms with van der Waals surface area (Å²) in [7, 11) is 0. The number of benzene rings is 1. The predicted molar refractivity (Wildman–Crippen MR) is 83.2 cm³/mol. The lowest BCUT2D eigenvalue weighted by Crippen LogP contribution is -2.30. The van der Waals surface area contributed by atoms with Crippen molar-refractivity contribution in [1.29, 1.82) is 0 Å². The zero-order chi connectivity index (χ0) is 14.8. The van der Waals surface area contributed by atoms with Crippen molar-refractivity contribution in [2.45, 2.75) is 32.7 Å². The number of nitrogens with zero attached hydrogens (tertiary/aromatic N) is 2. The van der Waals surface area contributed by atoms with Crippen LogP contribution < -0.4 is 0 Å². The second-order valence-electron chi connectivity index (χ2n) is 5.76. The first-order valence-corrected chi connectivity index (χ1v) is 7.45. The standard InChI is InChI=1S/C18H20N2O/c1-13-5-8-15(9-6-13)17-4-3-11-20(17)18(21)16-10-7-14(2)19-12-16/h5-10,12,17H,3-4,11H2,1-2H3/t17-/m0/s1. The largest absolute Gasteiger partial charge is 0.332 e. The van der Waals surface area contributed by atoms with Crippen molar-refractivity contribution >= 4 is 5.91 Å². The van der Waals surface area contributed by atoms with E-state index in [-0.39, 0.29) is 11.9 Å². The normalized spacial score (nSPS) is 18.0. The lowest BCUT2D eigenvalue weighted by Gasteiger charge is -2.25. The van der Waals surface area contributed by atoms with E-state index in [0.29, 0.717) is 5.56 Å². The fraction of sp³-hybridized carbons (Fsp3) is 0.333. The number of hydrogen-bond donors (Lipinski definition) is 0. The van der Waals surface area contributed by atoms with Gasteiger partial charge in [-0.25, -0.2) is 0 Å². The number of hydrogen-bond acceptors (Lipinski definition) is 2. The highest BCUT2D eigenvalue weighted by Gasteiger charge is 2.30. The molecule has 1 amide bonds. The third-order valence-corrected chi connectivity index (χ3v) is 4.13. The topological polar surface area (TPSA) is 33.2 Å². The van der Waals surface area contributed by atoms with Crippen molar-refractivity contribution in [3.63, 3.8) is 0 Å². The fourth-order valence-electron chi connectivity index (χ4n) is 2.91. The molecule has 0 aliphatic carbocycles. The number of rotatable bonds is 2. The molecule has 0 bridgehead atoms. The van der Waals surface area contributed by atoms with Crippen LogP contribution in [0.1, 0.15) is 46.1 Å². The first-order valence-electron chi connectivity index (χ1n) is 7.45. The second-order valence-corrected chi connectivity index (χ2v) is 5.76. The van der Waals surface area contributed by atoms with E-state index in [1.807, 2.05) is 24.0 Å². The Bertz CT molecular complexity index is 631. The molecule has 0 saturated carbocycles. The highest BCUT2D eigenvalue weighted by molar-refractivity contribution is 5.94. The van der Waals surface area contributed by atoms with Gasteiger partial charge in [0.1, 0.15) is 0 Å². The average molecular weight is 280 g/mol. The molecule has 3 heteroatoms. The van der Waals surface area contributed by atoms with Gasteiger partial charge in [0.05, 0.1) is 11.6 Å². The molecule has 2 aromatic rings. The minimum absolute atomic E-state index is 0.0885. The summed E-state index contributed by atoms with van der Waals surface area (Å²) in [6.07, 6.45) is 3.78. The number of aromatic nitrogens is 1. The van der Waals surface area contributed by atoms with Gasteiger partial charge in [0.2, 0.25) is 0 Å². The third-order valence-electron chi connectivity index (χ3n) is 4.13. The van der Waals surface area contributed by atoms with Crippen LogP contribution in [0.5, 0.6) is 0 Å². The van der Waals surface area contributed by atoms with Crippen LogP contribution in [0.25, 0.3) is 0 Å². The van der Waals surface area contributed by atoms with Crippen LogP contribution >= 0.6 is 0 Å². The van der Waals surface area contributed by atoms with Gasteiger partial charge >= 0.3 is 0 Å². The van der Waals surface area contributed by atoms with Crippen LogP contribution in [0.2, 0.25) is 0 Å². The molecule has 1 aliphatic rings. The van der Waals surface area contributed by atoms with Crippen LogP contribution in [0.4, 0.5) is 0 Å². The Morgan fingerprint density at radius 2 is 1.90 bits per heavy atom. The predicted octanol–water partition coefficient (Wildman–Crippen LogP) is 3.68. The van der Waals surface area contributed by atoms with E-state index in [0.717, 1.165) is 25.1 Å². The van der Waals surface area contributed by atoms with Crippen molar-refractivity contribution in [3.05, 3.63) is 65.0 Å². The monoisotopic (exact) mass is 280 g/mol. The van der Waals surface area contributed by atoms with Gasteiger partial charge in [-0.2, -0.15) is 0 Å². The summed E-state index contributed by atoms with van der Waals surface area (Å²) < 4.78 is 0. The van der Waals surface area contributed by atoms with Gasteiger partial charge in [0.15, 0.2) is 0 Å². The van der Waals surface area contributed by atoms with E-state index < -0.39 is 0 Å². The van der Waals surface area contributed by atoms with E-state index in [1.165, 1.54) is 11.1 Å². The summed E-state index contributed by atoms with van der Waals surface area (Å²) >= 11 is 0. The van der Waals surface area contributed by atoms with Crippen LogP contribution in [-0.4, -0.2) is 22.3 Å². The van der Waals surface area contributed by atoms with E-state index in [2.05, 4.69) is 36.2 Å². The van der Waals surface area contributed by atoms with Crippen LogP contribution in [0, 0.1) is 13.8 Å². The van der Waals surface area contributed by atoms with E-state index in [1.54, 1.807) is 6.20 Å². The summed E-state index contributed by atoms with van der Waals surface area (Å²) in [4.78, 5) is 18.9. The van der Waals surface area contributed by atoms with Gasteiger partial charge in [0, 0.05) is 18.4 Å². The molecule has 0 radical (unpaired) electrons. The van der Waals surface area contributed by atoms with Gasteiger partial charge in [-0.05, 0) is 44.4 Å². The number of carbonyl (C=O) groups excluding carboxylic acids is 1. The Morgan fingerprint density at radius 3 is 2.57 bits per heavy atom. The first kappa shape index (κ1) is 13.8. The number of carbonyl (C=O) groups is 1. The lowest BCUT2D eigenvalue weighted by molar-refractivity contribution is 0.0735. The Labute approximate surface area is 125 Å². The van der Waals surface area contributed by atoms with E-state index in [9.17, 15) is 4.79 Å². The summed E-state index contributed by atoms with van der Waals surface area (Å²) in [6, 6.07) is 12.5. The number of amides is 1. The Morgan fingerprint density at radius 1 is 1.14 bits per heavy atom. The van der Waals surface area contributed by atoms with Gasteiger partial charge < -0.3 is 4.90 Å². The molecular weight excluding hydrogens is 260 g/mol. The molecule has 108 valence electrons. The summed E-state index contributed by atoms with van der Waals surface area (Å²) in [5, 5.41) is 0. The molecule has 1 aromatic carbocycles. The molecule has 2 heterocycles. The fourth-order valence-corrected chi connectivity index (χ4v) is 2.91. The molecule has 1 saturated heterocycles. The minimum Gasteiger partial charge on any atom is -0.332 e. The van der Waals surface area contributed by atoms with E-state index >= 15 is 0 Å². The summed E-state index contributed by atoms with van der Waals surface area (Å²) in [6.45, 7) is 4.84. The SMILES string of the molecule is Cc1ccc([C@@H]2CCCN2C(=O)c2ccc(C)nc2)cc1. The van der Waals surface area contributed by atoms with E-state index in [4.69, 9.17) is 0 Å². The molecule has 1 atom stereocenters. The van der Waals surface area contributed by atoms with Gasteiger partial charge in [-0.3, -0.25) is 9.78 Å². The Balaban J connectivity index is 1.85. The molecule has 1 aliphatic heterocycles. The maximum Gasteiger partial charge on any atom is 0.255 e. The zero-order valence-corrected chi connectivity index (χ0v) is 12.5. The van der Waals surface area contributed by atoms with Crippen molar-refractivity contribution in [3.8, 4) is 0 Å². The number of likely N-dealkylation sites (tertiary alicyclic amines) is 1. The van der Waals surface area contributed by atoms with Gasteiger partial charge in [0.25, 0.3) is 5.91 Å². The molecule has 1 aromatic heterocycles. The Kier molecular flexibility index (Phi) is 3.74. The van der Waals surface area contributed by atoms with Crippen molar-refractivity contribution in [2.24, 2.45) is 0 Å². The zero-order valence-electron chi connectivity index (χ0n) is 12.5. The quantitative estimate of drug-likeness (QED) is 0.841. The number of aryl methyl sites for hydroxylation is 2. The average Bonchev–Trinajstić information content (AvgIpc) is 2.97. The molecule has 21 heavy (non-hydrogen) atoms. The maximum atomic E-state index is 12.7. The van der Waals surface area contributed by atoms with Crippen molar-refractivity contribution < 1.29 is 4.79 Å². The molecule has 3 rings (SSSR count). The highest BCUT2D eigenvalue weighted by Crippen LogP contribution is 2.33. The third kappa shape index (κ3) is 2.82. The first-order chi connectivity index (χ1) is 10.1.